The lowest BCUT2D eigenvalue weighted by Gasteiger charge is -2.31. The zero-order valence-electron chi connectivity index (χ0n) is 14.5. The van der Waals surface area contributed by atoms with Gasteiger partial charge in [-0.15, -0.1) is 0 Å². The van der Waals surface area contributed by atoms with Crippen LogP contribution in [0.15, 0.2) is 42.0 Å². The van der Waals surface area contributed by atoms with Gasteiger partial charge in [0.2, 0.25) is 0 Å². The molecule has 3 rings (SSSR count). The number of rotatable bonds is 6. The summed E-state index contributed by atoms with van der Waals surface area (Å²) in [5.41, 5.74) is 2.81. The quantitative estimate of drug-likeness (QED) is 0.725. The fourth-order valence-electron chi connectivity index (χ4n) is 3.66. The highest BCUT2D eigenvalue weighted by Crippen LogP contribution is 2.44. The van der Waals surface area contributed by atoms with Gasteiger partial charge in [0.15, 0.2) is 5.79 Å². The molecule has 0 bridgehead atoms. The minimum atomic E-state index is -0.437. The predicted octanol–water partition coefficient (Wildman–Crippen LogP) is 4.47. The van der Waals surface area contributed by atoms with E-state index in [1.807, 2.05) is 19.9 Å². The number of ether oxygens (including phenoxy) is 3. The van der Waals surface area contributed by atoms with E-state index in [-0.39, 0.29) is 11.5 Å². The normalized spacial score (nSPS) is 29.7. The summed E-state index contributed by atoms with van der Waals surface area (Å²) in [6.45, 7) is 8.40. The Morgan fingerprint density at radius 1 is 1.13 bits per heavy atom. The molecule has 1 aromatic carbocycles. The number of hydrogen-bond acceptors (Lipinski definition) is 3. The molecule has 0 N–H and O–H groups in total. The van der Waals surface area contributed by atoms with Gasteiger partial charge in [-0.2, -0.15) is 0 Å². The zero-order chi connectivity index (χ0) is 16.3. The van der Waals surface area contributed by atoms with E-state index >= 15 is 0 Å². The van der Waals surface area contributed by atoms with E-state index in [0.717, 1.165) is 12.8 Å². The molecule has 3 heteroatoms. The smallest absolute Gasteiger partial charge is 0.163 e. The first-order valence-electron chi connectivity index (χ1n) is 8.60. The van der Waals surface area contributed by atoms with Crippen LogP contribution in [0.2, 0.25) is 0 Å². The van der Waals surface area contributed by atoms with Crippen LogP contribution in [0, 0.1) is 5.41 Å². The van der Waals surface area contributed by atoms with Crippen LogP contribution in [0.25, 0.3) is 0 Å². The van der Waals surface area contributed by atoms with Gasteiger partial charge in [-0.05, 0) is 49.7 Å². The molecule has 0 saturated carbocycles. The first kappa shape index (κ1) is 16.7. The minimum Gasteiger partial charge on any atom is -0.372 e. The molecule has 0 spiro atoms. The van der Waals surface area contributed by atoms with E-state index < -0.39 is 5.79 Å². The third-order valence-corrected chi connectivity index (χ3v) is 4.98. The summed E-state index contributed by atoms with van der Waals surface area (Å²) in [5.74, 6) is -0.437. The molecule has 0 amide bonds. The van der Waals surface area contributed by atoms with E-state index in [1.54, 1.807) is 0 Å². The van der Waals surface area contributed by atoms with Crippen LogP contribution in [0.5, 0.6) is 0 Å². The van der Waals surface area contributed by atoms with Crippen molar-refractivity contribution in [1.29, 1.82) is 0 Å². The van der Waals surface area contributed by atoms with Crippen LogP contribution in [0.4, 0.5) is 0 Å². The van der Waals surface area contributed by atoms with E-state index in [1.165, 1.54) is 17.6 Å². The fraction of sp³-hybridized carbons (Fsp3) is 0.600. The average Bonchev–Trinajstić information content (AvgIpc) is 3.03. The number of hydrogen-bond donors (Lipinski definition) is 0. The largest absolute Gasteiger partial charge is 0.372 e. The lowest BCUT2D eigenvalue weighted by Crippen LogP contribution is -2.28. The summed E-state index contributed by atoms with van der Waals surface area (Å²) in [5, 5.41) is 0. The maximum Gasteiger partial charge on any atom is 0.163 e. The molecule has 1 heterocycles. The first-order chi connectivity index (χ1) is 11.0. The third-order valence-electron chi connectivity index (χ3n) is 4.98. The Morgan fingerprint density at radius 2 is 1.91 bits per heavy atom. The molecule has 1 unspecified atom stereocenters. The summed E-state index contributed by atoms with van der Waals surface area (Å²) in [7, 11) is 0. The minimum absolute atomic E-state index is 0.172. The fourth-order valence-corrected chi connectivity index (χ4v) is 3.66. The summed E-state index contributed by atoms with van der Waals surface area (Å²) < 4.78 is 17.7. The van der Waals surface area contributed by atoms with Crippen molar-refractivity contribution in [2.75, 3.05) is 13.2 Å². The van der Waals surface area contributed by atoms with Crippen molar-refractivity contribution in [3.05, 3.63) is 47.5 Å². The molecule has 1 fully saturated rings. The van der Waals surface area contributed by atoms with E-state index in [4.69, 9.17) is 14.2 Å². The monoisotopic (exact) mass is 316 g/mol. The molecule has 0 aromatic heterocycles. The topological polar surface area (TPSA) is 27.7 Å². The highest BCUT2D eigenvalue weighted by Gasteiger charge is 2.40. The molecule has 3 nitrogen and oxygen atoms in total. The highest BCUT2D eigenvalue weighted by molar-refractivity contribution is 5.20. The van der Waals surface area contributed by atoms with Gasteiger partial charge in [-0.3, -0.25) is 0 Å². The summed E-state index contributed by atoms with van der Waals surface area (Å²) >= 11 is 0. The first-order valence-corrected chi connectivity index (χ1v) is 8.60. The summed E-state index contributed by atoms with van der Waals surface area (Å²) in [6.07, 6.45) is 5.86. The van der Waals surface area contributed by atoms with Gasteiger partial charge >= 0.3 is 0 Å². The van der Waals surface area contributed by atoms with Gasteiger partial charge in [0.25, 0.3) is 0 Å². The number of benzene rings is 1. The maximum absolute atomic E-state index is 6.01. The average molecular weight is 316 g/mol. The van der Waals surface area contributed by atoms with Crippen LogP contribution < -0.4 is 0 Å². The molecular formula is C20H28O3. The Bertz CT molecular complexity index is 549. The van der Waals surface area contributed by atoms with Crippen molar-refractivity contribution < 1.29 is 14.2 Å². The molecule has 23 heavy (non-hydrogen) atoms. The van der Waals surface area contributed by atoms with E-state index in [9.17, 15) is 0 Å². The molecular weight excluding hydrogens is 288 g/mol. The van der Waals surface area contributed by atoms with Crippen molar-refractivity contribution in [1.82, 2.24) is 0 Å². The van der Waals surface area contributed by atoms with Crippen LogP contribution in [0.1, 0.15) is 45.6 Å². The van der Waals surface area contributed by atoms with Crippen LogP contribution in [-0.2, 0) is 20.8 Å². The number of allylic oxidation sites excluding steroid dienone is 1. The second-order valence-electron chi connectivity index (χ2n) is 7.46. The molecule has 0 radical (unpaired) electrons. The Morgan fingerprint density at radius 3 is 2.61 bits per heavy atom. The lowest BCUT2D eigenvalue weighted by molar-refractivity contribution is -0.141. The molecule has 126 valence electrons. The molecule has 1 aromatic rings. The van der Waals surface area contributed by atoms with Crippen LogP contribution in [0.3, 0.4) is 0 Å². The molecule has 2 atom stereocenters. The maximum atomic E-state index is 6.01. The Balaban J connectivity index is 1.52. The van der Waals surface area contributed by atoms with E-state index in [2.05, 4.69) is 37.3 Å². The second kappa shape index (κ2) is 6.76. The highest BCUT2D eigenvalue weighted by atomic mass is 16.7. The van der Waals surface area contributed by atoms with E-state index in [0.29, 0.717) is 19.8 Å². The molecule has 2 aliphatic rings. The van der Waals surface area contributed by atoms with Crippen molar-refractivity contribution in [2.24, 2.45) is 5.41 Å². The molecule has 1 saturated heterocycles. The van der Waals surface area contributed by atoms with Crippen LogP contribution >= 0.6 is 0 Å². The Kier molecular flexibility index (Phi) is 4.90. The predicted molar refractivity (Wildman–Crippen MR) is 91.0 cm³/mol. The van der Waals surface area contributed by atoms with Gasteiger partial charge in [0, 0.05) is 0 Å². The Hall–Kier alpha value is -1.16. The zero-order valence-corrected chi connectivity index (χ0v) is 14.5. The molecule has 1 aliphatic heterocycles. The standard InChI is InChI=1S/C20H28O3/c1-19(2)22-15-18(23-19)12-20(3)11-7-10-17(20)14-21-13-16-8-5-4-6-9-16/h4-6,8-10,18H,7,11-15H2,1-3H3/t18?,20-/m0/s1. The second-order valence-corrected chi connectivity index (χ2v) is 7.46. The van der Waals surface area contributed by atoms with Crippen molar-refractivity contribution in [3.8, 4) is 0 Å². The Labute approximate surface area is 139 Å². The van der Waals surface area contributed by atoms with Gasteiger partial charge in [-0.25, -0.2) is 0 Å². The molecule has 1 aliphatic carbocycles. The van der Waals surface area contributed by atoms with Gasteiger partial charge in [0.1, 0.15) is 0 Å². The summed E-state index contributed by atoms with van der Waals surface area (Å²) in [4.78, 5) is 0. The van der Waals surface area contributed by atoms with Gasteiger partial charge in [0.05, 0.1) is 25.9 Å². The van der Waals surface area contributed by atoms with Gasteiger partial charge in [-0.1, -0.05) is 43.3 Å². The van der Waals surface area contributed by atoms with Crippen molar-refractivity contribution in [2.45, 2.75) is 58.5 Å². The summed E-state index contributed by atoms with van der Waals surface area (Å²) in [6, 6.07) is 10.3. The van der Waals surface area contributed by atoms with Crippen molar-refractivity contribution in [3.63, 3.8) is 0 Å². The van der Waals surface area contributed by atoms with Crippen molar-refractivity contribution >= 4 is 0 Å². The lowest BCUT2D eigenvalue weighted by atomic mass is 9.78. The third kappa shape index (κ3) is 4.23. The van der Waals surface area contributed by atoms with Gasteiger partial charge < -0.3 is 14.2 Å². The SMILES string of the molecule is CC1(C)OCC(C[C@]2(C)CCC=C2COCc2ccccc2)O1. The van der Waals surface area contributed by atoms with Crippen LogP contribution in [-0.4, -0.2) is 25.1 Å².